The summed E-state index contributed by atoms with van der Waals surface area (Å²) >= 11 is 0. The number of nitrogens with zero attached hydrogens (tertiary/aromatic N) is 3. The van der Waals surface area contributed by atoms with E-state index >= 15 is 0 Å². The van der Waals surface area contributed by atoms with Gasteiger partial charge in [0.15, 0.2) is 0 Å². The fourth-order valence-electron chi connectivity index (χ4n) is 2.71. The van der Waals surface area contributed by atoms with E-state index in [9.17, 15) is 10.1 Å². The maximum atomic E-state index is 11.0. The van der Waals surface area contributed by atoms with Gasteiger partial charge in [0.2, 0.25) is 0 Å². The van der Waals surface area contributed by atoms with Crippen molar-refractivity contribution in [2.45, 2.75) is 0 Å². The van der Waals surface area contributed by atoms with Crippen LogP contribution >= 0.6 is 0 Å². The predicted octanol–water partition coefficient (Wildman–Crippen LogP) is 3.27. The van der Waals surface area contributed by atoms with Gasteiger partial charge in [-0.25, -0.2) is 9.97 Å². The van der Waals surface area contributed by atoms with Crippen LogP contribution in [0.5, 0.6) is 0 Å². The van der Waals surface area contributed by atoms with E-state index in [1.807, 2.05) is 30.5 Å². The molecule has 112 valence electrons. The van der Waals surface area contributed by atoms with Crippen LogP contribution in [0, 0.1) is 10.1 Å². The van der Waals surface area contributed by atoms with Crippen LogP contribution in [0.2, 0.25) is 0 Å². The first-order valence-electron chi connectivity index (χ1n) is 6.90. The van der Waals surface area contributed by atoms with E-state index in [4.69, 9.17) is 5.73 Å². The Morgan fingerprint density at radius 2 is 2.04 bits per heavy atom. The highest BCUT2D eigenvalue weighted by Gasteiger charge is 2.16. The zero-order chi connectivity index (χ0) is 16.0. The average molecular weight is 305 g/mol. The molecule has 0 amide bonds. The first-order chi connectivity index (χ1) is 11.1. The number of rotatable bonds is 2. The molecular weight excluding hydrogens is 294 g/mol. The van der Waals surface area contributed by atoms with Crippen molar-refractivity contribution < 1.29 is 4.92 Å². The van der Waals surface area contributed by atoms with E-state index in [0.29, 0.717) is 10.9 Å². The average Bonchev–Trinajstić information content (AvgIpc) is 2.99. The molecule has 0 atom stereocenters. The van der Waals surface area contributed by atoms with Gasteiger partial charge in [0.05, 0.1) is 10.4 Å². The molecule has 3 heterocycles. The first kappa shape index (κ1) is 13.2. The number of nitrogen functional groups attached to an aromatic ring is 1. The second kappa shape index (κ2) is 4.77. The fraction of sp³-hybridized carbons (Fsp3) is 0. The van der Waals surface area contributed by atoms with Gasteiger partial charge in [-0.1, -0.05) is 6.07 Å². The van der Waals surface area contributed by atoms with Crippen LogP contribution in [0.3, 0.4) is 0 Å². The number of pyridine rings is 2. The summed E-state index contributed by atoms with van der Waals surface area (Å²) < 4.78 is 0. The molecule has 0 radical (unpaired) electrons. The van der Waals surface area contributed by atoms with Crippen LogP contribution in [0.15, 0.2) is 48.9 Å². The summed E-state index contributed by atoms with van der Waals surface area (Å²) in [6.45, 7) is 0. The van der Waals surface area contributed by atoms with Crippen LogP contribution in [0.25, 0.3) is 33.1 Å². The van der Waals surface area contributed by atoms with E-state index in [1.165, 1.54) is 6.20 Å². The van der Waals surface area contributed by atoms with Gasteiger partial charge in [-0.15, -0.1) is 0 Å². The zero-order valence-electron chi connectivity index (χ0n) is 11.9. The number of hydrogen-bond acceptors (Lipinski definition) is 5. The summed E-state index contributed by atoms with van der Waals surface area (Å²) in [6, 6.07) is 9.37. The second-order valence-electron chi connectivity index (χ2n) is 5.15. The molecule has 3 aromatic heterocycles. The smallest absolute Gasteiger partial charge is 0.310 e. The van der Waals surface area contributed by atoms with E-state index in [-0.39, 0.29) is 11.4 Å². The lowest BCUT2D eigenvalue weighted by molar-refractivity contribution is -0.384. The number of anilines is 1. The molecular formula is C16H11N5O2. The van der Waals surface area contributed by atoms with Gasteiger partial charge in [0.1, 0.15) is 17.5 Å². The maximum absolute atomic E-state index is 11.0. The molecule has 0 saturated carbocycles. The molecule has 23 heavy (non-hydrogen) atoms. The third-order valence-electron chi connectivity index (χ3n) is 3.85. The van der Waals surface area contributed by atoms with E-state index in [1.54, 1.807) is 12.3 Å². The summed E-state index contributed by atoms with van der Waals surface area (Å²) in [4.78, 5) is 22.0. The summed E-state index contributed by atoms with van der Waals surface area (Å²) in [5, 5.41) is 12.6. The maximum Gasteiger partial charge on any atom is 0.310 e. The van der Waals surface area contributed by atoms with Crippen LogP contribution < -0.4 is 5.73 Å². The Morgan fingerprint density at radius 3 is 2.87 bits per heavy atom. The van der Waals surface area contributed by atoms with Gasteiger partial charge < -0.3 is 10.7 Å². The van der Waals surface area contributed by atoms with Crippen molar-refractivity contribution in [1.29, 1.82) is 0 Å². The molecule has 7 heteroatoms. The highest BCUT2D eigenvalue weighted by atomic mass is 16.6. The van der Waals surface area contributed by atoms with Crippen LogP contribution in [-0.2, 0) is 0 Å². The van der Waals surface area contributed by atoms with Gasteiger partial charge in [-0.2, -0.15) is 0 Å². The van der Waals surface area contributed by atoms with Crippen LogP contribution in [0.4, 0.5) is 11.4 Å². The molecule has 7 nitrogen and oxygen atoms in total. The number of aromatic amines is 1. The second-order valence-corrected chi connectivity index (χ2v) is 5.15. The van der Waals surface area contributed by atoms with Gasteiger partial charge in [0, 0.05) is 28.7 Å². The van der Waals surface area contributed by atoms with Gasteiger partial charge >= 0.3 is 5.69 Å². The van der Waals surface area contributed by atoms with Crippen molar-refractivity contribution in [2.24, 2.45) is 0 Å². The number of hydrogen-bond donors (Lipinski definition) is 2. The largest absolute Gasteiger partial charge is 0.393 e. The SMILES string of the molecule is Nc1c([N+](=O)[O-])cnc2ccc(-c3c[nH]c4ncccc34)cc12. The van der Waals surface area contributed by atoms with Crippen molar-refractivity contribution in [2.75, 3.05) is 5.73 Å². The lowest BCUT2D eigenvalue weighted by Gasteiger charge is -2.05. The van der Waals surface area contributed by atoms with E-state index in [0.717, 1.165) is 22.2 Å². The van der Waals surface area contributed by atoms with Gasteiger partial charge in [-0.3, -0.25) is 10.1 Å². The third-order valence-corrected chi connectivity index (χ3v) is 3.85. The molecule has 0 aliphatic rings. The lowest BCUT2D eigenvalue weighted by Crippen LogP contribution is -1.98. The zero-order valence-corrected chi connectivity index (χ0v) is 11.9. The predicted molar refractivity (Wildman–Crippen MR) is 87.9 cm³/mol. The quantitative estimate of drug-likeness (QED) is 0.436. The molecule has 4 aromatic rings. The van der Waals surface area contributed by atoms with Crippen molar-refractivity contribution >= 4 is 33.3 Å². The molecule has 1 aromatic carbocycles. The molecule has 0 spiro atoms. The normalized spacial score (nSPS) is 11.1. The van der Waals surface area contributed by atoms with Crippen LogP contribution in [0.1, 0.15) is 0 Å². The molecule has 0 unspecified atom stereocenters. The number of nitrogens with two attached hydrogens (primary N) is 1. The minimum absolute atomic E-state index is 0.125. The van der Waals surface area contributed by atoms with E-state index < -0.39 is 4.92 Å². The molecule has 0 fully saturated rings. The monoisotopic (exact) mass is 305 g/mol. The van der Waals surface area contributed by atoms with Gasteiger partial charge in [-0.05, 0) is 29.8 Å². The van der Waals surface area contributed by atoms with E-state index in [2.05, 4.69) is 15.0 Å². The van der Waals surface area contributed by atoms with Crippen molar-refractivity contribution in [3.8, 4) is 11.1 Å². The number of nitrogens with one attached hydrogen (secondary N) is 1. The minimum atomic E-state index is -0.524. The fourth-order valence-corrected chi connectivity index (χ4v) is 2.71. The molecule has 0 aliphatic carbocycles. The Balaban J connectivity index is 1.98. The topological polar surface area (TPSA) is 111 Å². The molecule has 0 bridgehead atoms. The van der Waals surface area contributed by atoms with Crippen molar-refractivity contribution in [3.05, 3.63) is 59.0 Å². The third kappa shape index (κ3) is 1.98. The minimum Gasteiger partial charge on any atom is -0.393 e. The number of H-pyrrole nitrogens is 1. The molecule has 0 aliphatic heterocycles. The number of benzene rings is 1. The highest BCUT2D eigenvalue weighted by molar-refractivity contribution is 6.00. The first-order valence-corrected chi connectivity index (χ1v) is 6.90. The van der Waals surface area contributed by atoms with Crippen molar-refractivity contribution in [1.82, 2.24) is 15.0 Å². The van der Waals surface area contributed by atoms with Crippen LogP contribution in [-0.4, -0.2) is 19.9 Å². The number of fused-ring (bicyclic) bond motifs is 2. The highest BCUT2D eigenvalue weighted by Crippen LogP contribution is 2.34. The molecule has 3 N–H and O–H groups in total. The van der Waals surface area contributed by atoms with Crippen molar-refractivity contribution in [3.63, 3.8) is 0 Å². The Morgan fingerprint density at radius 1 is 1.17 bits per heavy atom. The summed E-state index contributed by atoms with van der Waals surface area (Å²) in [5.74, 6) is 0. The Kier molecular flexibility index (Phi) is 2.74. The summed E-state index contributed by atoms with van der Waals surface area (Å²) in [7, 11) is 0. The van der Waals surface area contributed by atoms with Gasteiger partial charge in [0.25, 0.3) is 0 Å². The number of aromatic nitrogens is 3. The number of nitro groups is 1. The summed E-state index contributed by atoms with van der Waals surface area (Å²) in [5.41, 5.74) is 9.15. The summed E-state index contributed by atoms with van der Waals surface area (Å²) in [6.07, 6.45) is 4.76. The Labute approximate surface area is 129 Å². The standard InChI is InChI=1S/C16H11N5O2/c17-15-11-6-9(3-4-13(11)19-8-14(15)21(22)23)12-7-20-16-10(12)2-1-5-18-16/h1-8H,(H2,17,19)(H,18,20). The Bertz CT molecular complexity index is 1070. The molecule has 0 saturated heterocycles. The molecule has 4 rings (SSSR count). The Hall–Kier alpha value is -3.48. The lowest BCUT2D eigenvalue weighted by atomic mass is 10.0.